The van der Waals surface area contributed by atoms with Gasteiger partial charge in [-0.15, -0.1) is 10.2 Å². The van der Waals surface area contributed by atoms with Crippen LogP contribution in [0.5, 0.6) is 5.75 Å². The third-order valence-electron chi connectivity index (χ3n) is 2.39. The second kappa shape index (κ2) is 6.97. The molecule has 0 unspecified atom stereocenters. The molecule has 1 aromatic heterocycles. The number of rotatable bonds is 6. The van der Waals surface area contributed by atoms with Crippen molar-refractivity contribution in [3.05, 3.63) is 35.3 Å². The topological polar surface area (TPSA) is 73.3 Å². The maximum atomic E-state index is 12.0. The van der Waals surface area contributed by atoms with Gasteiger partial charge in [-0.05, 0) is 19.1 Å². The third-order valence-corrected chi connectivity index (χ3v) is 3.20. The molecule has 0 aliphatic rings. The van der Waals surface area contributed by atoms with Gasteiger partial charge in [-0.1, -0.05) is 29.5 Å². The summed E-state index contributed by atoms with van der Waals surface area (Å²) >= 11 is 1.27. The molecule has 1 N–H and O–H groups in total. The standard InChI is InChI=1S/C13H15N3O3S/c1-9(19-10-6-4-3-5-7-10)12(17)14-13-16-15-11(20-13)8-18-2/h3-7,9H,8H2,1-2H3,(H,14,16,17)/t9-/m0/s1. The Morgan fingerprint density at radius 3 is 2.80 bits per heavy atom. The van der Waals surface area contributed by atoms with Crippen molar-refractivity contribution < 1.29 is 14.3 Å². The number of nitrogens with zero attached hydrogens (tertiary/aromatic N) is 2. The molecule has 0 aliphatic heterocycles. The highest BCUT2D eigenvalue weighted by Gasteiger charge is 2.16. The predicted octanol–water partition coefficient (Wildman–Crippen LogP) is 2.09. The molecular formula is C13H15N3O3S. The second-order valence-electron chi connectivity index (χ2n) is 4.00. The molecule has 1 amide bonds. The first-order chi connectivity index (χ1) is 9.69. The molecule has 6 nitrogen and oxygen atoms in total. The normalized spacial score (nSPS) is 11.9. The zero-order valence-electron chi connectivity index (χ0n) is 11.2. The monoisotopic (exact) mass is 293 g/mol. The fraction of sp³-hybridized carbons (Fsp3) is 0.308. The number of methoxy groups -OCH3 is 1. The number of aromatic nitrogens is 2. The first-order valence-corrected chi connectivity index (χ1v) is 6.84. The van der Waals surface area contributed by atoms with Crippen LogP contribution in [0.4, 0.5) is 5.13 Å². The molecule has 0 spiro atoms. The van der Waals surface area contributed by atoms with E-state index < -0.39 is 6.10 Å². The van der Waals surface area contributed by atoms with Gasteiger partial charge in [0.05, 0.1) is 0 Å². The largest absolute Gasteiger partial charge is 0.481 e. The fourth-order valence-electron chi connectivity index (χ4n) is 1.45. The molecule has 0 radical (unpaired) electrons. The highest BCUT2D eigenvalue weighted by atomic mass is 32.1. The van der Waals surface area contributed by atoms with Crippen LogP contribution in [0.3, 0.4) is 0 Å². The van der Waals surface area contributed by atoms with Crippen molar-refractivity contribution in [1.29, 1.82) is 0 Å². The third kappa shape index (κ3) is 4.01. The summed E-state index contributed by atoms with van der Waals surface area (Å²) in [7, 11) is 1.58. The van der Waals surface area contributed by atoms with Gasteiger partial charge in [0.25, 0.3) is 5.91 Å². The Balaban J connectivity index is 1.90. The van der Waals surface area contributed by atoms with E-state index in [1.807, 2.05) is 18.2 Å². The lowest BCUT2D eigenvalue weighted by Crippen LogP contribution is -2.30. The summed E-state index contributed by atoms with van der Waals surface area (Å²) in [6.45, 7) is 2.06. The number of ether oxygens (including phenoxy) is 2. The van der Waals surface area contributed by atoms with Crippen LogP contribution in [0, 0.1) is 0 Å². The number of anilines is 1. The highest BCUT2D eigenvalue weighted by molar-refractivity contribution is 7.15. The van der Waals surface area contributed by atoms with Gasteiger partial charge >= 0.3 is 0 Å². The molecule has 1 aromatic carbocycles. The molecule has 0 saturated heterocycles. The summed E-state index contributed by atoms with van der Waals surface area (Å²) in [4.78, 5) is 12.0. The van der Waals surface area contributed by atoms with E-state index in [1.165, 1.54) is 11.3 Å². The molecular weight excluding hydrogens is 278 g/mol. The van der Waals surface area contributed by atoms with E-state index >= 15 is 0 Å². The highest BCUT2D eigenvalue weighted by Crippen LogP contribution is 2.17. The van der Waals surface area contributed by atoms with E-state index in [0.717, 1.165) is 0 Å². The lowest BCUT2D eigenvalue weighted by molar-refractivity contribution is -0.122. The SMILES string of the molecule is COCc1nnc(NC(=O)[C@H](C)Oc2ccccc2)s1. The number of carbonyl (C=O) groups is 1. The number of hydrogen-bond acceptors (Lipinski definition) is 6. The smallest absolute Gasteiger partial charge is 0.266 e. The number of para-hydroxylation sites is 1. The molecule has 0 fully saturated rings. The predicted molar refractivity (Wildman–Crippen MR) is 75.8 cm³/mol. The number of nitrogens with one attached hydrogen (secondary N) is 1. The van der Waals surface area contributed by atoms with Crippen LogP contribution in [0.15, 0.2) is 30.3 Å². The van der Waals surface area contributed by atoms with Gasteiger partial charge in [-0.2, -0.15) is 0 Å². The molecule has 0 bridgehead atoms. The molecule has 106 valence electrons. The summed E-state index contributed by atoms with van der Waals surface area (Å²) in [5.74, 6) is 0.376. The fourth-order valence-corrected chi connectivity index (χ4v) is 2.16. The molecule has 2 rings (SSSR count). The molecule has 1 atom stereocenters. The first kappa shape index (κ1) is 14.4. The van der Waals surface area contributed by atoms with E-state index in [9.17, 15) is 4.79 Å². The number of hydrogen-bond donors (Lipinski definition) is 1. The van der Waals surface area contributed by atoms with Crippen molar-refractivity contribution in [2.24, 2.45) is 0 Å². The second-order valence-corrected chi connectivity index (χ2v) is 5.06. The van der Waals surface area contributed by atoms with E-state index in [0.29, 0.717) is 22.5 Å². The molecule has 7 heteroatoms. The maximum Gasteiger partial charge on any atom is 0.266 e. The Labute approximate surface area is 120 Å². The first-order valence-electron chi connectivity index (χ1n) is 6.03. The van der Waals surface area contributed by atoms with Crippen LogP contribution in [0.25, 0.3) is 0 Å². The molecule has 0 saturated carbocycles. The Bertz CT molecular complexity index is 559. The molecule has 20 heavy (non-hydrogen) atoms. The van der Waals surface area contributed by atoms with Crippen LogP contribution in [-0.2, 0) is 16.1 Å². The molecule has 0 aliphatic carbocycles. The zero-order valence-corrected chi connectivity index (χ0v) is 12.0. The van der Waals surface area contributed by atoms with Gasteiger partial charge < -0.3 is 9.47 Å². The van der Waals surface area contributed by atoms with Crippen LogP contribution in [-0.4, -0.2) is 29.3 Å². The van der Waals surface area contributed by atoms with Gasteiger partial charge in [-0.25, -0.2) is 0 Å². The van der Waals surface area contributed by atoms with E-state index in [4.69, 9.17) is 9.47 Å². The van der Waals surface area contributed by atoms with Crippen molar-refractivity contribution in [1.82, 2.24) is 10.2 Å². The Kier molecular flexibility index (Phi) is 5.03. The summed E-state index contributed by atoms with van der Waals surface area (Å²) in [6, 6.07) is 9.18. The minimum Gasteiger partial charge on any atom is -0.481 e. The van der Waals surface area contributed by atoms with Gasteiger partial charge in [-0.3, -0.25) is 10.1 Å². The minimum atomic E-state index is -0.618. The van der Waals surface area contributed by atoms with Gasteiger partial charge in [0.15, 0.2) is 6.10 Å². The Morgan fingerprint density at radius 2 is 2.10 bits per heavy atom. The van der Waals surface area contributed by atoms with Crippen molar-refractivity contribution in [3.63, 3.8) is 0 Å². The van der Waals surface area contributed by atoms with Crippen LogP contribution in [0.2, 0.25) is 0 Å². The summed E-state index contributed by atoms with van der Waals surface area (Å²) in [6.07, 6.45) is -0.618. The van der Waals surface area contributed by atoms with Gasteiger partial charge in [0.1, 0.15) is 17.4 Å². The van der Waals surface area contributed by atoms with E-state index in [-0.39, 0.29) is 5.91 Å². The number of amides is 1. The minimum absolute atomic E-state index is 0.269. The number of carbonyl (C=O) groups excluding carboxylic acids is 1. The average molecular weight is 293 g/mol. The zero-order chi connectivity index (χ0) is 14.4. The van der Waals surface area contributed by atoms with Crippen molar-refractivity contribution >= 4 is 22.4 Å². The van der Waals surface area contributed by atoms with Crippen molar-refractivity contribution in [2.75, 3.05) is 12.4 Å². The van der Waals surface area contributed by atoms with Gasteiger partial charge in [0.2, 0.25) is 5.13 Å². The van der Waals surface area contributed by atoms with Crippen LogP contribution in [0.1, 0.15) is 11.9 Å². The summed E-state index contributed by atoms with van der Waals surface area (Å²) in [5, 5.41) is 11.6. The summed E-state index contributed by atoms with van der Waals surface area (Å²) < 4.78 is 10.5. The van der Waals surface area contributed by atoms with E-state index in [2.05, 4.69) is 15.5 Å². The Hall–Kier alpha value is -1.99. The van der Waals surface area contributed by atoms with Crippen molar-refractivity contribution in [2.45, 2.75) is 19.6 Å². The lowest BCUT2D eigenvalue weighted by Gasteiger charge is -2.13. The molecule has 2 aromatic rings. The quantitative estimate of drug-likeness (QED) is 0.883. The summed E-state index contributed by atoms with van der Waals surface area (Å²) in [5.41, 5.74) is 0. The molecule has 1 heterocycles. The Morgan fingerprint density at radius 1 is 1.35 bits per heavy atom. The number of benzene rings is 1. The maximum absolute atomic E-state index is 12.0. The van der Waals surface area contributed by atoms with Crippen molar-refractivity contribution in [3.8, 4) is 5.75 Å². The lowest BCUT2D eigenvalue weighted by atomic mass is 10.3. The van der Waals surface area contributed by atoms with E-state index in [1.54, 1.807) is 26.2 Å². The van der Waals surface area contributed by atoms with Crippen LogP contribution >= 0.6 is 11.3 Å². The average Bonchev–Trinajstić information content (AvgIpc) is 2.87. The van der Waals surface area contributed by atoms with Gasteiger partial charge in [0, 0.05) is 7.11 Å². The van der Waals surface area contributed by atoms with Crippen LogP contribution < -0.4 is 10.1 Å².